The minimum Gasteiger partial charge on any atom is -0.382 e. The lowest BCUT2D eigenvalue weighted by molar-refractivity contribution is 0.102. The molecule has 24 heavy (non-hydrogen) atoms. The molecule has 2 heterocycles. The Morgan fingerprint density at radius 2 is 2.17 bits per heavy atom. The Morgan fingerprint density at radius 3 is 2.92 bits per heavy atom. The molecular formula is C17H18ClN3O2S. The standard InChI is InChI=1S/C17H18ClN3O2S/c1-2-23-11-5-10-21-13-7-4-3-6-12(13)19-17(21)20-16(22)14-8-9-15(18)24-14/h3-4,6-9H,2,5,10-11H2,1H3,(H,19,20,22). The normalized spacial score (nSPS) is 11.1. The summed E-state index contributed by atoms with van der Waals surface area (Å²) in [7, 11) is 0. The number of carbonyl (C=O) groups is 1. The number of halogens is 1. The van der Waals surface area contributed by atoms with Crippen molar-refractivity contribution in [2.45, 2.75) is 19.9 Å². The van der Waals surface area contributed by atoms with Crippen LogP contribution in [0.3, 0.4) is 0 Å². The molecule has 0 unspecified atom stereocenters. The molecule has 5 nitrogen and oxygen atoms in total. The maximum Gasteiger partial charge on any atom is 0.268 e. The van der Waals surface area contributed by atoms with Crippen molar-refractivity contribution in [2.24, 2.45) is 0 Å². The summed E-state index contributed by atoms with van der Waals surface area (Å²) >= 11 is 7.15. The smallest absolute Gasteiger partial charge is 0.268 e. The largest absolute Gasteiger partial charge is 0.382 e. The van der Waals surface area contributed by atoms with Crippen LogP contribution in [0.15, 0.2) is 36.4 Å². The Labute approximate surface area is 149 Å². The monoisotopic (exact) mass is 363 g/mol. The van der Waals surface area contributed by atoms with Gasteiger partial charge in [0, 0.05) is 19.8 Å². The third-order valence-corrected chi connectivity index (χ3v) is 4.78. The van der Waals surface area contributed by atoms with Crippen LogP contribution < -0.4 is 5.32 Å². The lowest BCUT2D eigenvalue weighted by Gasteiger charge is -2.09. The van der Waals surface area contributed by atoms with E-state index >= 15 is 0 Å². The topological polar surface area (TPSA) is 56.1 Å². The molecule has 0 radical (unpaired) electrons. The van der Waals surface area contributed by atoms with Crippen LogP contribution in [0, 0.1) is 0 Å². The molecule has 0 aliphatic heterocycles. The molecule has 3 aromatic rings. The van der Waals surface area contributed by atoms with Crippen LogP contribution in [0.4, 0.5) is 5.95 Å². The minimum absolute atomic E-state index is 0.201. The van der Waals surface area contributed by atoms with E-state index in [0.29, 0.717) is 28.4 Å². The second-order valence-corrected chi connectivity index (χ2v) is 6.90. The molecule has 1 aromatic carbocycles. The fourth-order valence-corrected chi connectivity index (χ4v) is 3.40. The van der Waals surface area contributed by atoms with Gasteiger partial charge in [-0.3, -0.25) is 10.1 Å². The number of nitrogens with one attached hydrogen (secondary N) is 1. The van der Waals surface area contributed by atoms with Crippen LogP contribution in [0.2, 0.25) is 4.34 Å². The predicted octanol–water partition coefficient (Wildman–Crippen LogP) is 4.43. The Morgan fingerprint density at radius 1 is 1.33 bits per heavy atom. The first-order chi connectivity index (χ1) is 11.7. The van der Waals surface area contributed by atoms with Crippen molar-refractivity contribution < 1.29 is 9.53 Å². The van der Waals surface area contributed by atoms with Crippen LogP contribution in [-0.2, 0) is 11.3 Å². The number of imidazole rings is 1. The van der Waals surface area contributed by atoms with Gasteiger partial charge in [-0.25, -0.2) is 4.98 Å². The fourth-order valence-electron chi connectivity index (χ4n) is 2.47. The van der Waals surface area contributed by atoms with Crippen LogP contribution in [0.25, 0.3) is 11.0 Å². The molecule has 3 rings (SSSR count). The number of hydrogen-bond donors (Lipinski definition) is 1. The zero-order valence-electron chi connectivity index (χ0n) is 13.3. The maximum absolute atomic E-state index is 12.4. The van der Waals surface area contributed by atoms with Crippen molar-refractivity contribution in [2.75, 3.05) is 18.5 Å². The number of para-hydroxylation sites is 2. The van der Waals surface area contributed by atoms with Crippen molar-refractivity contribution in [3.8, 4) is 0 Å². The number of amides is 1. The van der Waals surface area contributed by atoms with Crippen molar-refractivity contribution in [3.05, 3.63) is 45.6 Å². The quantitative estimate of drug-likeness (QED) is 0.632. The molecule has 1 N–H and O–H groups in total. The Hall–Kier alpha value is -1.89. The molecule has 0 bridgehead atoms. The van der Waals surface area contributed by atoms with Crippen molar-refractivity contribution in [1.29, 1.82) is 0 Å². The summed E-state index contributed by atoms with van der Waals surface area (Å²) in [5.41, 5.74) is 1.85. The molecule has 0 aliphatic rings. The first-order valence-corrected chi connectivity index (χ1v) is 8.98. The Bertz CT molecular complexity index is 843. The summed E-state index contributed by atoms with van der Waals surface area (Å²) < 4.78 is 8.01. The van der Waals surface area contributed by atoms with E-state index in [2.05, 4.69) is 10.3 Å². The molecule has 7 heteroatoms. The summed E-state index contributed by atoms with van der Waals surface area (Å²) in [5, 5.41) is 2.89. The second kappa shape index (κ2) is 7.79. The van der Waals surface area contributed by atoms with Crippen LogP contribution in [-0.4, -0.2) is 28.7 Å². The van der Waals surface area contributed by atoms with Gasteiger partial charge in [0.2, 0.25) is 5.95 Å². The summed E-state index contributed by atoms with van der Waals surface area (Å²) in [4.78, 5) is 17.5. The Kier molecular flexibility index (Phi) is 5.50. The van der Waals surface area contributed by atoms with E-state index in [-0.39, 0.29) is 5.91 Å². The third kappa shape index (κ3) is 3.77. The molecule has 0 atom stereocenters. The zero-order chi connectivity index (χ0) is 16.9. The van der Waals surface area contributed by atoms with Crippen molar-refractivity contribution in [3.63, 3.8) is 0 Å². The van der Waals surface area contributed by atoms with Gasteiger partial charge in [0.1, 0.15) is 0 Å². The highest BCUT2D eigenvalue weighted by molar-refractivity contribution is 7.18. The maximum atomic E-state index is 12.4. The van der Waals surface area contributed by atoms with Gasteiger partial charge in [-0.05, 0) is 37.6 Å². The molecule has 0 saturated carbocycles. The van der Waals surface area contributed by atoms with E-state index in [1.165, 1.54) is 11.3 Å². The number of aryl methyl sites for hydroxylation is 1. The van der Waals surface area contributed by atoms with Crippen molar-refractivity contribution >= 4 is 45.8 Å². The van der Waals surface area contributed by atoms with Gasteiger partial charge in [-0.1, -0.05) is 23.7 Å². The highest BCUT2D eigenvalue weighted by atomic mass is 35.5. The fraction of sp³-hybridized carbons (Fsp3) is 0.294. The first kappa shape index (κ1) is 17.0. The number of aromatic nitrogens is 2. The molecule has 0 saturated heterocycles. The average Bonchev–Trinajstić information content (AvgIpc) is 3.15. The third-order valence-electron chi connectivity index (χ3n) is 3.55. The molecule has 0 fully saturated rings. The van der Waals surface area contributed by atoms with Crippen LogP contribution in [0.1, 0.15) is 23.0 Å². The van der Waals surface area contributed by atoms with Gasteiger partial charge in [0.15, 0.2) is 0 Å². The van der Waals surface area contributed by atoms with Crippen LogP contribution in [0.5, 0.6) is 0 Å². The van der Waals surface area contributed by atoms with Gasteiger partial charge >= 0.3 is 0 Å². The van der Waals surface area contributed by atoms with E-state index in [0.717, 1.165) is 24.0 Å². The van der Waals surface area contributed by atoms with Gasteiger partial charge in [0.25, 0.3) is 5.91 Å². The highest BCUT2D eigenvalue weighted by Gasteiger charge is 2.15. The number of thiophene rings is 1. The first-order valence-electron chi connectivity index (χ1n) is 7.78. The summed E-state index contributed by atoms with van der Waals surface area (Å²) in [6.07, 6.45) is 0.849. The van der Waals surface area contributed by atoms with Gasteiger partial charge in [-0.2, -0.15) is 0 Å². The van der Waals surface area contributed by atoms with Crippen molar-refractivity contribution in [1.82, 2.24) is 9.55 Å². The summed E-state index contributed by atoms with van der Waals surface area (Å²) in [6, 6.07) is 11.3. The number of anilines is 1. The van der Waals surface area contributed by atoms with Gasteiger partial charge < -0.3 is 9.30 Å². The van der Waals surface area contributed by atoms with E-state index in [1.54, 1.807) is 12.1 Å². The number of rotatable bonds is 7. The van der Waals surface area contributed by atoms with Gasteiger partial charge in [0.05, 0.1) is 20.2 Å². The number of fused-ring (bicyclic) bond motifs is 1. The number of ether oxygens (including phenoxy) is 1. The number of carbonyl (C=O) groups excluding carboxylic acids is 1. The average molecular weight is 364 g/mol. The second-order valence-electron chi connectivity index (χ2n) is 5.18. The zero-order valence-corrected chi connectivity index (χ0v) is 14.9. The molecule has 2 aromatic heterocycles. The van der Waals surface area contributed by atoms with E-state index in [4.69, 9.17) is 16.3 Å². The molecule has 0 spiro atoms. The molecule has 0 aliphatic carbocycles. The molecular weight excluding hydrogens is 346 g/mol. The van der Waals surface area contributed by atoms with E-state index in [1.807, 2.05) is 35.8 Å². The Balaban J connectivity index is 1.84. The number of hydrogen-bond acceptors (Lipinski definition) is 4. The summed E-state index contributed by atoms with van der Waals surface area (Å²) in [5.74, 6) is 0.343. The number of nitrogens with zero attached hydrogens (tertiary/aromatic N) is 2. The van der Waals surface area contributed by atoms with E-state index < -0.39 is 0 Å². The highest BCUT2D eigenvalue weighted by Crippen LogP contribution is 2.24. The summed E-state index contributed by atoms with van der Waals surface area (Å²) in [6.45, 7) is 4.08. The van der Waals surface area contributed by atoms with E-state index in [9.17, 15) is 4.79 Å². The lowest BCUT2D eigenvalue weighted by Crippen LogP contribution is -2.15. The molecule has 1 amide bonds. The number of benzene rings is 1. The minimum atomic E-state index is -0.201. The lowest BCUT2D eigenvalue weighted by atomic mass is 10.3. The molecule has 126 valence electrons. The van der Waals surface area contributed by atoms with Crippen LogP contribution >= 0.6 is 22.9 Å². The predicted molar refractivity (Wildman–Crippen MR) is 98.1 cm³/mol. The SMILES string of the molecule is CCOCCCn1c(NC(=O)c2ccc(Cl)s2)nc2ccccc21. The van der Waals surface area contributed by atoms with Gasteiger partial charge in [-0.15, -0.1) is 11.3 Å².